The fraction of sp³-hybridized carbons (Fsp3) is 0.789. The van der Waals surface area contributed by atoms with Crippen LogP contribution in [0.5, 0.6) is 5.19 Å². The third kappa shape index (κ3) is 3.31. The number of ether oxygens (including phenoxy) is 1. The number of carbonyl (C=O) groups excluding carboxylic acids is 1. The van der Waals surface area contributed by atoms with Gasteiger partial charge in [0.1, 0.15) is 6.10 Å². The highest BCUT2D eigenvalue weighted by atomic mass is 32.1. The summed E-state index contributed by atoms with van der Waals surface area (Å²) in [5.74, 6) is 0.663. The van der Waals surface area contributed by atoms with Gasteiger partial charge in [-0.05, 0) is 38.5 Å². The Labute approximate surface area is 153 Å². The van der Waals surface area contributed by atoms with Crippen molar-refractivity contribution in [3.63, 3.8) is 0 Å². The zero-order chi connectivity index (χ0) is 16.8. The number of nitrogens with zero attached hydrogens (tertiary/aromatic N) is 3. The van der Waals surface area contributed by atoms with Gasteiger partial charge in [0.05, 0.1) is 17.1 Å². The fourth-order valence-corrected chi connectivity index (χ4v) is 5.29. The van der Waals surface area contributed by atoms with Gasteiger partial charge in [0, 0.05) is 38.0 Å². The highest BCUT2D eigenvalue weighted by Crippen LogP contribution is 2.36. The Morgan fingerprint density at radius 3 is 2.56 bits per heavy atom. The lowest BCUT2D eigenvalue weighted by molar-refractivity contribution is -0.133. The topological polar surface area (TPSA) is 45.7 Å². The number of thiazole rings is 1. The summed E-state index contributed by atoms with van der Waals surface area (Å²) < 4.78 is 6.22. The van der Waals surface area contributed by atoms with Crippen LogP contribution in [0.2, 0.25) is 0 Å². The summed E-state index contributed by atoms with van der Waals surface area (Å²) in [4.78, 5) is 22.9. The Morgan fingerprint density at radius 2 is 1.88 bits per heavy atom. The van der Waals surface area contributed by atoms with Gasteiger partial charge in [-0.1, -0.05) is 17.8 Å². The first-order valence-corrected chi connectivity index (χ1v) is 10.8. The normalized spacial score (nSPS) is 25.5. The molecule has 0 aromatic carbocycles. The molecule has 3 fully saturated rings. The van der Waals surface area contributed by atoms with Gasteiger partial charge in [-0.3, -0.25) is 4.79 Å². The van der Waals surface area contributed by atoms with Crippen LogP contribution in [-0.2, 0) is 17.8 Å². The Balaban J connectivity index is 1.17. The van der Waals surface area contributed by atoms with Crippen molar-refractivity contribution in [2.45, 2.75) is 70.1 Å². The van der Waals surface area contributed by atoms with Gasteiger partial charge in [-0.15, -0.1) is 0 Å². The quantitative estimate of drug-likeness (QED) is 0.827. The Morgan fingerprint density at radius 1 is 1.08 bits per heavy atom. The molecule has 0 spiro atoms. The number of likely N-dealkylation sites (tertiary alicyclic amines) is 1. The number of fused-ring (bicyclic) bond motifs is 1. The number of piperidine rings is 1. The summed E-state index contributed by atoms with van der Waals surface area (Å²) in [6.07, 6.45) is 9.78. The van der Waals surface area contributed by atoms with E-state index in [9.17, 15) is 4.79 Å². The van der Waals surface area contributed by atoms with Crippen molar-refractivity contribution in [1.82, 2.24) is 14.8 Å². The van der Waals surface area contributed by atoms with Crippen molar-refractivity contribution in [2.75, 3.05) is 19.6 Å². The van der Waals surface area contributed by atoms with Crippen LogP contribution < -0.4 is 4.74 Å². The Hall–Kier alpha value is -1.14. The van der Waals surface area contributed by atoms with E-state index in [0.29, 0.717) is 17.9 Å². The maximum absolute atomic E-state index is 12.3. The van der Waals surface area contributed by atoms with Crippen LogP contribution in [-0.4, -0.2) is 52.5 Å². The molecule has 2 saturated carbocycles. The summed E-state index contributed by atoms with van der Waals surface area (Å²) >= 11 is 1.66. The number of hydrogen-bond acceptors (Lipinski definition) is 5. The lowest BCUT2D eigenvalue weighted by Gasteiger charge is -2.41. The SMILES string of the molecule is O=C(C1CC1)N1CCc2nc(OC3CCN(C4CCC4)CC3)sc2C1. The maximum atomic E-state index is 12.3. The summed E-state index contributed by atoms with van der Waals surface area (Å²) in [6, 6.07) is 0.850. The molecule has 1 saturated heterocycles. The molecule has 6 heteroatoms. The molecule has 25 heavy (non-hydrogen) atoms. The van der Waals surface area contributed by atoms with Gasteiger partial charge in [-0.2, -0.15) is 0 Å². The molecule has 3 heterocycles. The van der Waals surface area contributed by atoms with E-state index in [-0.39, 0.29) is 0 Å². The van der Waals surface area contributed by atoms with Gasteiger partial charge in [0.25, 0.3) is 5.19 Å². The van der Waals surface area contributed by atoms with E-state index in [4.69, 9.17) is 9.72 Å². The molecule has 0 bridgehead atoms. The molecule has 4 aliphatic rings. The predicted molar refractivity (Wildman–Crippen MR) is 96.8 cm³/mol. The highest BCUT2D eigenvalue weighted by molar-refractivity contribution is 7.13. The molecule has 0 atom stereocenters. The van der Waals surface area contributed by atoms with Crippen molar-refractivity contribution >= 4 is 17.2 Å². The number of amides is 1. The average molecular weight is 362 g/mol. The molecule has 2 aliphatic heterocycles. The molecule has 136 valence electrons. The van der Waals surface area contributed by atoms with Crippen LogP contribution in [0.4, 0.5) is 0 Å². The molecule has 0 N–H and O–H groups in total. The van der Waals surface area contributed by atoms with Crippen LogP contribution in [0.1, 0.15) is 55.5 Å². The zero-order valence-corrected chi connectivity index (χ0v) is 15.6. The van der Waals surface area contributed by atoms with E-state index < -0.39 is 0 Å². The first kappa shape index (κ1) is 16.1. The van der Waals surface area contributed by atoms with E-state index in [1.54, 1.807) is 11.3 Å². The largest absolute Gasteiger partial charge is 0.467 e. The lowest BCUT2D eigenvalue weighted by atomic mass is 9.90. The summed E-state index contributed by atoms with van der Waals surface area (Å²) in [5, 5.41) is 0.827. The lowest BCUT2D eigenvalue weighted by Crippen LogP contribution is -2.46. The van der Waals surface area contributed by atoms with Crippen molar-refractivity contribution in [3.8, 4) is 5.19 Å². The first-order valence-electron chi connectivity index (χ1n) is 9.94. The third-order valence-electron chi connectivity index (χ3n) is 6.29. The summed E-state index contributed by atoms with van der Waals surface area (Å²) in [7, 11) is 0. The smallest absolute Gasteiger partial charge is 0.273 e. The van der Waals surface area contributed by atoms with Crippen molar-refractivity contribution < 1.29 is 9.53 Å². The summed E-state index contributed by atoms with van der Waals surface area (Å²) in [5.41, 5.74) is 1.16. The van der Waals surface area contributed by atoms with Crippen LogP contribution in [0.15, 0.2) is 0 Å². The standard InChI is InChI=1S/C19H27N3O2S/c23-18(13-4-5-13)22-11-8-16-17(12-22)25-19(20-16)24-15-6-9-21(10-7-15)14-2-1-3-14/h13-15H,1-12H2. The minimum absolute atomic E-state index is 0.311. The van der Waals surface area contributed by atoms with Gasteiger partial charge in [-0.25, -0.2) is 4.98 Å². The second kappa shape index (κ2) is 6.54. The van der Waals surface area contributed by atoms with Gasteiger partial charge < -0.3 is 14.5 Å². The monoisotopic (exact) mass is 361 g/mol. The second-order valence-corrected chi connectivity index (χ2v) is 9.12. The highest BCUT2D eigenvalue weighted by Gasteiger charge is 2.36. The molecule has 1 aromatic rings. The Kier molecular flexibility index (Phi) is 4.20. The van der Waals surface area contributed by atoms with Crippen LogP contribution in [0.3, 0.4) is 0 Å². The minimum atomic E-state index is 0.311. The van der Waals surface area contributed by atoms with E-state index in [2.05, 4.69) is 4.90 Å². The molecule has 5 nitrogen and oxygen atoms in total. The minimum Gasteiger partial charge on any atom is -0.467 e. The van der Waals surface area contributed by atoms with E-state index in [0.717, 1.165) is 62.1 Å². The molecule has 0 radical (unpaired) electrons. The Bertz CT molecular complexity index is 645. The molecule has 5 rings (SSSR count). The fourth-order valence-electron chi connectivity index (χ4n) is 4.25. The number of hydrogen-bond donors (Lipinski definition) is 0. The van der Waals surface area contributed by atoms with Crippen molar-refractivity contribution in [1.29, 1.82) is 0 Å². The van der Waals surface area contributed by atoms with E-state index in [1.807, 2.05) is 4.90 Å². The van der Waals surface area contributed by atoms with Crippen LogP contribution >= 0.6 is 11.3 Å². The average Bonchev–Trinajstić information content (AvgIpc) is 3.34. The van der Waals surface area contributed by atoms with E-state index in [1.165, 1.54) is 37.2 Å². The van der Waals surface area contributed by atoms with E-state index >= 15 is 0 Å². The van der Waals surface area contributed by atoms with Crippen molar-refractivity contribution in [2.24, 2.45) is 5.92 Å². The maximum Gasteiger partial charge on any atom is 0.273 e. The van der Waals surface area contributed by atoms with Crippen molar-refractivity contribution in [3.05, 3.63) is 10.6 Å². The molecule has 1 aromatic heterocycles. The number of carbonyl (C=O) groups is 1. The zero-order valence-electron chi connectivity index (χ0n) is 14.8. The summed E-state index contributed by atoms with van der Waals surface area (Å²) in [6.45, 7) is 3.91. The van der Waals surface area contributed by atoms with Gasteiger partial charge in [0.2, 0.25) is 5.91 Å². The van der Waals surface area contributed by atoms with Gasteiger partial charge in [0.15, 0.2) is 0 Å². The number of rotatable bonds is 4. The molecule has 0 unspecified atom stereocenters. The third-order valence-corrected chi connectivity index (χ3v) is 7.26. The molecule has 2 aliphatic carbocycles. The van der Waals surface area contributed by atoms with Crippen LogP contribution in [0.25, 0.3) is 0 Å². The molecular weight excluding hydrogens is 334 g/mol. The molecular formula is C19H27N3O2S. The molecule has 1 amide bonds. The van der Waals surface area contributed by atoms with Crippen LogP contribution in [0, 0.1) is 5.92 Å². The van der Waals surface area contributed by atoms with Gasteiger partial charge >= 0.3 is 0 Å². The second-order valence-electron chi connectivity index (χ2n) is 8.07. The number of aromatic nitrogens is 1. The first-order chi connectivity index (χ1) is 12.3. The predicted octanol–water partition coefficient (Wildman–Crippen LogP) is 2.83.